The van der Waals surface area contributed by atoms with Gasteiger partial charge in [0.25, 0.3) is 5.91 Å². The topological polar surface area (TPSA) is 52.9 Å². The third kappa shape index (κ3) is 5.85. The number of rotatable bonds is 8. The summed E-state index contributed by atoms with van der Waals surface area (Å²) in [5.41, 5.74) is 2.08. The zero-order valence-electron chi connectivity index (χ0n) is 13.5. The summed E-state index contributed by atoms with van der Waals surface area (Å²) >= 11 is 0. The third-order valence-electron chi connectivity index (χ3n) is 3.85. The van der Waals surface area contributed by atoms with Crippen molar-refractivity contribution in [3.63, 3.8) is 0 Å². The van der Waals surface area contributed by atoms with Crippen molar-refractivity contribution in [1.29, 1.82) is 5.26 Å². The maximum absolute atomic E-state index is 14.0. The second kappa shape index (κ2) is 9.46. The molecule has 0 aliphatic rings. The SMILES string of the molecule is N#C[C@H](CCc1ccccc1)NC(=O)[C@H](F)CCc1ccccc1. The molecule has 3 nitrogen and oxygen atoms in total. The molecular formula is C20H21FN2O. The first kappa shape index (κ1) is 17.7. The molecular weight excluding hydrogens is 303 g/mol. The Bertz CT molecular complexity index is 667. The Morgan fingerprint density at radius 3 is 1.96 bits per heavy atom. The number of alkyl halides is 1. The van der Waals surface area contributed by atoms with E-state index in [9.17, 15) is 9.18 Å². The fourth-order valence-corrected chi connectivity index (χ4v) is 2.46. The number of amides is 1. The van der Waals surface area contributed by atoms with Crippen LogP contribution in [-0.2, 0) is 17.6 Å². The number of hydrogen-bond acceptors (Lipinski definition) is 2. The van der Waals surface area contributed by atoms with E-state index in [4.69, 9.17) is 5.26 Å². The highest BCUT2D eigenvalue weighted by Gasteiger charge is 2.20. The van der Waals surface area contributed by atoms with Crippen LogP contribution in [0.2, 0.25) is 0 Å². The molecule has 0 aliphatic carbocycles. The summed E-state index contributed by atoms with van der Waals surface area (Å²) < 4.78 is 14.0. The second-order valence-corrected chi connectivity index (χ2v) is 5.71. The lowest BCUT2D eigenvalue weighted by molar-refractivity contribution is -0.126. The lowest BCUT2D eigenvalue weighted by atomic mass is 10.0. The van der Waals surface area contributed by atoms with E-state index in [1.165, 1.54) is 0 Å². The van der Waals surface area contributed by atoms with Gasteiger partial charge >= 0.3 is 0 Å². The van der Waals surface area contributed by atoms with Crippen molar-refractivity contribution in [2.75, 3.05) is 0 Å². The molecule has 0 saturated carbocycles. The Morgan fingerprint density at radius 1 is 0.958 bits per heavy atom. The molecule has 0 heterocycles. The Labute approximate surface area is 142 Å². The van der Waals surface area contributed by atoms with Gasteiger partial charge in [-0.2, -0.15) is 5.26 Å². The molecule has 1 amide bonds. The molecule has 2 rings (SSSR count). The summed E-state index contributed by atoms with van der Waals surface area (Å²) in [6, 6.07) is 20.6. The van der Waals surface area contributed by atoms with Crippen LogP contribution >= 0.6 is 0 Å². The summed E-state index contributed by atoms with van der Waals surface area (Å²) in [7, 11) is 0. The van der Waals surface area contributed by atoms with Crippen LogP contribution < -0.4 is 5.32 Å². The number of benzene rings is 2. The normalized spacial score (nSPS) is 12.8. The molecule has 0 unspecified atom stereocenters. The summed E-state index contributed by atoms with van der Waals surface area (Å²) in [4.78, 5) is 11.9. The van der Waals surface area contributed by atoms with Crippen LogP contribution in [0.3, 0.4) is 0 Å². The van der Waals surface area contributed by atoms with Crippen molar-refractivity contribution in [1.82, 2.24) is 5.32 Å². The number of nitrogens with one attached hydrogen (secondary N) is 1. The van der Waals surface area contributed by atoms with Crippen LogP contribution in [0, 0.1) is 11.3 Å². The molecule has 0 saturated heterocycles. The average Bonchev–Trinajstić information content (AvgIpc) is 2.64. The van der Waals surface area contributed by atoms with Crippen LogP contribution in [0.1, 0.15) is 24.0 Å². The second-order valence-electron chi connectivity index (χ2n) is 5.71. The smallest absolute Gasteiger partial charge is 0.255 e. The van der Waals surface area contributed by atoms with E-state index < -0.39 is 18.1 Å². The number of carbonyl (C=O) groups excluding carboxylic acids is 1. The number of carbonyl (C=O) groups is 1. The molecule has 0 aliphatic heterocycles. The van der Waals surface area contributed by atoms with E-state index in [0.717, 1.165) is 11.1 Å². The Hall–Kier alpha value is -2.67. The fraction of sp³-hybridized carbons (Fsp3) is 0.300. The maximum Gasteiger partial charge on any atom is 0.255 e. The Kier molecular flexibility index (Phi) is 6.97. The zero-order chi connectivity index (χ0) is 17.2. The van der Waals surface area contributed by atoms with E-state index in [1.807, 2.05) is 66.7 Å². The molecule has 124 valence electrons. The highest BCUT2D eigenvalue weighted by molar-refractivity contribution is 5.81. The molecule has 1 N–H and O–H groups in total. The number of nitriles is 1. The van der Waals surface area contributed by atoms with Crippen molar-refractivity contribution in [2.24, 2.45) is 0 Å². The highest BCUT2D eigenvalue weighted by Crippen LogP contribution is 2.09. The number of halogens is 1. The first-order valence-corrected chi connectivity index (χ1v) is 8.11. The van der Waals surface area contributed by atoms with Crippen LogP contribution in [0.5, 0.6) is 0 Å². The molecule has 0 aromatic heterocycles. The van der Waals surface area contributed by atoms with Crippen molar-refractivity contribution >= 4 is 5.91 Å². The summed E-state index contributed by atoms with van der Waals surface area (Å²) in [6.45, 7) is 0. The molecule has 0 radical (unpaired) electrons. The van der Waals surface area contributed by atoms with Crippen molar-refractivity contribution < 1.29 is 9.18 Å². The number of nitrogens with zero attached hydrogens (tertiary/aromatic N) is 1. The van der Waals surface area contributed by atoms with E-state index in [1.54, 1.807) is 0 Å². The van der Waals surface area contributed by atoms with Gasteiger partial charge < -0.3 is 5.32 Å². The van der Waals surface area contributed by atoms with Gasteiger partial charge in [-0.1, -0.05) is 60.7 Å². The molecule has 0 fully saturated rings. The van der Waals surface area contributed by atoms with Gasteiger partial charge in [0.1, 0.15) is 6.04 Å². The maximum atomic E-state index is 14.0. The third-order valence-corrected chi connectivity index (χ3v) is 3.85. The fourth-order valence-electron chi connectivity index (χ4n) is 2.46. The van der Waals surface area contributed by atoms with Gasteiger partial charge in [-0.25, -0.2) is 4.39 Å². The highest BCUT2D eigenvalue weighted by atomic mass is 19.1. The lowest BCUT2D eigenvalue weighted by Crippen LogP contribution is -2.39. The Balaban J connectivity index is 1.77. The van der Waals surface area contributed by atoms with Crippen molar-refractivity contribution in [2.45, 2.75) is 37.9 Å². The largest absolute Gasteiger partial charge is 0.338 e. The van der Waals surface area contributed by atoms with E-state index in [2.05, 4.69) is 5.32 Å². The molecule has 24 heavy (non-hydrogen) atoms. The first-order valence-electron chi connectivity index (χ1n) is 8.11. The predicted octanol–water partition coefficient (Wildman–Crippen LogP) is 3.60. The average molecular weight is 324 g/mol. The van der Waals surface area contributed by atoms with Gasteiger partial charge in [-0.3, -0.25) is 4.79 Å². The van der Waals surface area contributed by atoms with Crippen LogP contribution in [0.4, 0.5) is 4.39 Å². The predicted molar refractivity (Wildman–Crippen MR) is 92.0 cm³/mol. The molecule has 2 aromatic carbocycles. The minimum Gasteiger partial charge on any atom is -0.338 e. The first-order chi connectivity index (χ1) is 11.7. The van der Waals surface area contributed by atoms with Crippen molar-refractivity contribution in [3.05, 3.63) is 71.8 Å². The summed E-state index contributed by atoms with van der Waals surface area (Å²) in [5.74, 6) is -0.703. The van der Waals surface area contributed by atoms with E-state index in [0.29, 0.717) is 19.3 Å². The minimum atomic E-state index is -1.60. The van der Waals surface area contributed by atoms with Gasteiger partial charge in [0, 0.05) is 0 Å². The van der Waals surface area contributed by atoms with Crippen LogP contribution in [-0.4, -0.2) is 18.1 Å². The van der Waals surface area contributed by atoms with Gasteiger partial charge in [-0.15, -0.1) is 0 Å². The molecule has 0 bridgehead atoms. The zero-order valence-corrected chi connectivity index (χ0v) is 13.5. The minimum absolute atomic E-state index is 0.118. The van der Waals surface area contributed by atoms with Crippen LogP contribution in [0.15, 0.2) is 60.7 Å². The summed E-state index contributed by atoms with van der Waals surface area (Å²) in [6.07, 6.45) is 0.152. The lowest BCUT2D eigenvalue weighted by Gasteiger charge is -2.14. The van der Waals surface area contributed by atoms with Crippen LogP contribution in [0.25, 0.3) is 0 Å². The number of aryl methyl sites for hydroxylation is 2. The van der Waals surface area contributed by atoms with Gasteiger partial charge in [0.15, 0.2) is 6.17 Å². The Morgan fingerprint density at radius 2 is 1.46 bits per heavy atom. The monoisotopic (exact) mass is 324 g/mol. The van der Waals surface area contributed by atoms with Gasteiger partial charge in [-0.05, 0) is 36.8 Å². The van der Waals surface area contributed by atoms with E-state index in [-0.39, 0.29) is 6.42 Å². The number of hydrogen-bond donors (Lipinski definition) is 1. The van der Waals surface area contributed by atoms with Gasteiger partial charge in [0.2, 0.25) is 0 Å². The van der Waals surface area contributed by atoms with E-state index >= 15 is 0 Å². The summed E-state index contributed by atoms with van der Waals surface area (Å²) in [5, 5.41) is 11.7. The van der Waals surface area contributed by atoms with Gasteiger partial charge in [0.05, 0.1) is 6.07 Å². The standard InChI is InChI=1S/C20H21FN2O/c21-19(14-12-17-9-5-2-6-10-17)20(24)23-18(15-22)13-11-16-7-3-1-4-8-16/h1-10,18-19H,11-14H2,(H,23,24)/t18-,19+/m0/s1. The molecule has 2 atom stereocenters. The molecule has 0 spiro atoms. The molecule has 2 aromatic rings. The molecule has 4 heteroatoms. The quantitative estimate of drug-likeness (QED) is 0.806. The van der Waals surface area contributed by atoms with Crippen molar-refractivity contribution in [3.8, 4) is 6.07 Å².